The fraction of sp³-hybridized carbons (Fsp3) is 0.320. The maximum atomic E-state index is 13.9. The fourth-order valence-electron chi connectivity index (χ4n) is 4.19. The van der Waals surface area contributed by atoms with Gasteiger partial charge < -0.3 is 18.6 Å². The molecule has 184 valence electrons. The lowest BCUT2D eigenvalue weighted by atomic mass is 9.98. The van der Waals surface area contributed by atoms with Gasteiger partial charge in [0.15, 0.2) is 6.10 Å². The largest absolute Gasteiger partial charge is 0.496 e. The summed E-state index contributed by atoms with van der Waals surface area (Å²) in [5, 5.41) is 4.38. The van der Waals surface area contributed by atoms with Crippen molar-refractivity contribution < 1.29 is 27.2 Å². The van der Waals surface area contributed by atoms with E-state index in [1.807, 2.05) is 0 Å². The second kappa shape index (κ2) is 9.53. The number of benzene rings is 1. The van der Waals surface area contributed by atoms with Crippen LogP contribution >= 0.6 is 0 Å². The van der Waals surface area contributed by atoms with Gasteiger partial charge in [-0.15, -0.1) is 0 Å². The zero-order valence-corrected chi connectivity index (χ0v) is 19.6. The molecule has 3 heterocycles. The van der Waals surface area contributed by atoms with E-state index in [9.17, 15) is 18.0 Å². The van der Waals surface area contributed by atoms with Crippen molar-refractivity contribution in [1.29, 1.82) is 0 Å². The topological polar surface area (TPSA) is 79.4 Å². The molecule has 0 aliphatic carbocycles. The number of methoxy groups -OCH3 is 1. The van der Waals surface area contributed by atoms with Gasteiger partial charge in [0.2, 0.25) is 0 Å². The van der Waals surface area contributed by atoms with Gasteiger partial charge in [-0.3, -0.25) is 9.78 Å². The van der Waals surface area contributed by atoms with Gasteiger partial charge in [-0.05, 0) is 50.4 Å². The molecule has 4 aromatic rings. The summed E-state index contributed by atoms with van der Waals surface area (Å²) < 4.78 is 59.0. The van der Waals surface area contributed by atoms with Crippen LogP contribution in [0.3, 0.4) is 0 Å². The quantitative estimate of drug-likeness (QED) is 0.349. The van der Waals surface area contributed by atoms with Crippen LogP contribution in [0, 0.1) is 13.8 Å². The molecule has 0 aliphatic heterocycles. The van der Waals surface area contributed by atoms with E-state index in [-0.39, 0.29) is 13.2 Å². The Morgan fingerprint density at radius 2 is 1.94 bits per heavy atom. The van der Waals surface area contributed by atoms with Gasteiger partial charge in [0.1, 0.15) is 11.5 Å². The van der Waals surface area contributed by atoms with E-state index in [0.29, 0.717) is 44.9 Å². The molecular formula is C25H24F3N3O4. The molecule has 0 saturated heterocycles. The highest BCUT2D eigenvalue weighted by Crippen LogP contribution is 2.40. The number of hydrogen-bond acceptors (Lipinski definition) is 6. The number of aromatic nitrogens is 3. The summed E-state index contributed by atoms with van der Waals surface area (Å²) in [7, 11) is 1.48. The molecular weight excluding hydrogens is 463 g/mol. The summed E-state index contributed by atoms with van der Waals surface area (Å²) in [5.41, 5.74) is 1.46. The molecule has 0 radical (unpaired) electrons. The van der Waals surface area contributed by atoms with Crippen LogP contribution in [0.2, 0.25) is 0 Å². The van der Waals surface area contributed by atoms with E-state index in [2.05, 4.69) is 10.1 Å². The van der Waals surface area contributed by atoms with Crippen molar-refractivity contribution in [3.8, 4) is 16.9 Å². The number of aryl methyl sites for hydroxylation is 2. The zero-order chi connectivity index (χ0) is 25.3. The maximum Gasteiger partial charge on any atom is 0.419 e. The molecule has 1 unspecified atom stereocenters. The van der Waals surface area contributed by atoms with Crippen molar-refractivity contribution in [1.82, 2.24) is 14.7 Å². The average molecular weight is 487 g/mol. The molecule has 0 bridgehead atoms. The number of fused-ring (bicyclic) bond motifs is 1. The molecule has 0 N–H and O–H groups in total. The first-order chi connectivity index (χ1) is 16.7. The number of ether oxygens (including phenoxy) is 2. The third kappa shape index (κ3) is 4.66. The van der Waals surface area contributed by atoms with E-state index in [1.165, 1.54) is 24.7 Å². The Labute approximate surface area is 199 Å². The van der Waals surface area contributed by atoms with Gasteiger partial charge in [-0.1, -0.05) is 11.2 Å². The fourth-order valence-corrected chi connectivity index (χ4v) is 4.19. The first-order valence-electron chi connectivity index (χ1n) is 10.9. The van der Waals surface area contributed by atoms with E-state index in [0.717, 1.165) is 0 Å². The third-order valence-corrected chi connectivity index (χ3v) is 5.70. The van der Waals surface area contributed by atoms with Crippen molar-refractivity contribution in [2.75, 3.05) is 13.7 Å². The SMILES string of the molecule is CCOC(c1cc2cc(-c3c(C)noc3C)c(OC)cc2n(Cc2ccccn2)c1=O)C(F)(F)F. The number of nitrogens with zero attached hydrogens (tertiary/aromatic N) is 3. The molecule has 0 amide bonds. The highest BCUT2D eigenvalue weighted by Gasteiger charge is 2.43. The van der Waals surface area contributed by atoms with Gasteiger partial charge >= 0.3 is 6.18 Å². The summed E-state index contributed by atoms with van der Waals surface area (Å²) in [4.78, 5) is 17.7. The normalized spacial score (nSPS) is 12.8. The molecule has 1 aromatic carbocycles. The summed E-state index contributed by atoms with van der Waals surface area (Å²) in [5.74, 6) is 0.954. The molecule has 0 aliphatic rings. The van der Waals surface area contributed by atoms with E-state index < -0.39 is 23.4 Å². The highest BCUT2D eigenvalue weighted by atomic mass is 19.4. The van der Waals surface area contributed by atoms with Crippen LogP contribution in [-0.2, 0) is 11.3 Å². The third-order valence-electron chi connectivity index (χ3n) is 5.70. The lowest BCUT2D eigenvalue weighted by molar-refractivity contribution is -0.223. The summed E-state index contributed by atoms with van der Waals surface area (Å²) >= 11 is 0. The number of rotatable bonds is 7. The number of hydrogen-bond donors (Lipinski definition) is 0. The highest BCUT2D eigenvalue weighted by molar-refractivity contribution is 5.90. The molecule has 0 spiro atoms. The van der Waals surface area contributed by atoms with Crippen LogP contribution in [0.15, 0.2) is 51.9 Å². The first-order valence-corrected chi connectivity index (χ1v) is 10.9. The minimum absolute atomic E-state index is 0.0332. The molecule has 10 heteroatoms. The number of alkyl halides is 3. The van der Waals surface area contributed by atoms with Crippen molar-refractivity contribution in [3.63, 3.8) is 0 Å². The van der Waals surface area contributed by atoms with Crippen LogP contribution in [0.25, 0.3) is 22.0 Å². The zero-order valence-electron chi connectivity index (χ0n) is 19.6. The monoisotopic (exact) mass is 487 g/mol. The Kier molecular flexibility index (Phi) is 6.66. The summed E-state index contributed by atoms with van der Waals surface area (Å²) in [6.45, 7) is 4.70. The molecule has 4 rings (SSSR count). The Hall–Kier alpha value is -3.66. The molecule has 0 fully saturated rings. The molecule has 3 aromatic heterocycles. The van der Waals surface area contributed by atoms with Crippen LogP contribution < -0.4 is 10.3 Å². The lowest BCUT2D eigenvalue weighted by Gasteiger charge is -2.22. The first kappa shape index (κ1) is 24.5. The van der Waals surface area contributed by atoms with Crippen LogP contribution in [0.1, 0.15) is 35.7 Å². The van der Waals surface area contributed by atoms with Gasteiger partial charge in [0.25, 0.3) is 5.56 Å². The van der Waals surface area contributed by atoms with E-state index >= 15 is 0 Å². The average Bonchev–Trinajstić information content (AvgIpc) is 3.16. The van der Waals surface area contributed by atoms with Gasteiger partial charge in [-0.25, -0.2) is 0 Å². The number of halogens is 3. The van der Waals surface area contributed by atoms with Crippen LogP contribution in [0.4, 0.5) is 13.2 Å². The molecule has 0 saturated carbocycles. The second-order valence-electron chi connectivity index (χ2n) is 8.00. The maximum absolute atomic E-state index is 13.9. The molecule has 35 heavy (non-hydrogen) atoms. The predicted octanol–water partition coefficient (Wildman–Crippen LogP) is 5.37. The molecule has 7 nitrogen and oxygen atoms in total. The van der Waals surface area contributed by atoms with E-state index in [4.69, 9.17) is 14.0 Å². The standard InChI is InChI=1S/C25H24F3N3O4/c1-5-34-23(25(26,27)28)19-11-16-10-18(22-14(2)30-35-15(22)3)21(33-4)12-20(16)31(24(19)32)13-17-8-6-7-9-29-17/h6-12,23H,5,13H2,1-4H3. The van der Waals surface area contributed by atoms with Crippen molar-refractivity contribution >= 4 is 10.9 Å². The Bertz CT molecular complexity index is 1390. The van der Waals surface area contributed by atoms with Crippen molar-refractivity contribution in [2.24, 2.45) is 0 Å². The van der Waals surface area contributed by atoms with Crippen molar-refractivity contribution in [2.45, 2.75) is 39.6 Å². The van der Waals surface area contributed by atoms with Crippen LogP contribution in [0.5, 0.6) is 5.75 Å². The summed E-state index contributed by atoms with van der Waals surface area (Å²) in [6.07, 6.45) is -5.59. The second-order valence-corrected chi connectivity index (χ2v) is 8.00. The summed E-state index contributed by atoms with van der Waals surface area (Å²) in [6, 6.07) is 9.71. The minimum Gasteiger partial charge on any atom is -0.496 e. The van der Waals surface area contributed by atoms with Gasteiger partial charge in [0.05, 0.1) is 41.7 Å². The smallest absolute Gasteiger partial charge is 0.419 e. The minimum atomic E-state index is -4.78. The number of pyridine rings is 2. The Morgan fingerprint density at radius 1 is 1.17 bits per heavy atom. The van der Waals surface area contributed by atoms with Crippen molar-refractivity contribution in [3.05, 3.63) is 75.7 Å². The predicted molar refractivity (Wildman–Crippen MR) is 123 cm³/mol. The lowest BCUT2D eigenvalue weighted by Crippen LogP contribution is -2.33. The van der Waals surface area contributed by atoms with E-state index in [1.54, 1.807) is 50.4 Å². The van der Waals surface area contributed by atoms with Gasteiger partial charge in [-0.2, -0.15) is 13.2 Å². The molecule has 1 atom stereocenters. The van der Waals surface area contributed by atoms with Gasteiger partial charge in [0, 0.05) is 24.4 Å². The Morgan fingerprint density at radius 3 is 2.51 bits per heavy atom. The van der Waals surface area contributed by atoms with Crippen LogP contribution in [-0.4, -0.2) is 34.6 Å². The Balaban J connectivity index is 2.06.